The lowest BCUT2D eigenvalue weighted by molar-refractivity contribution is 0.0598. The zero-order valence-electron chi connectivity index (χ0n) is 11.9. The van der Waals surface area contributed by atoms with Crippen LogP contribution in [0.5, 0.6) is 0 Å². The first kappa shape index (κ1) is 17.2. The maximum Gasteiger partial charge on any atom is 0.254 e. The van der Waals surface area contributed by atoms with E-state index in [-0.39, 0.29) is 18.0 Å². The van der Waals surface area contributed by atoms with Crippen molar-refractivity contribution in [2.45, 2.75) is 52.6 Å². The van der Waals surface area contributed by atoms with Crippen LogP contribution in [0.4, 0.5) is 0 Å². The van der Waals surface area contributed by atoms with Crippen LogP contribution in [0.25, 0.3) is 0 Å². The number of rotatable bonds is 5. The summed E-state index contributed by atoms with van der Waals surface area (Å²) >= 11 is 4.53. The van der Waals surface area contributed by atoms with E-state index in [4.69, 9.17) is 0 Å². The summed E-state index contributed by atoms with van der Waals surface area (Å²) in [7, 11) is 0. The second-order valence-corrected chi connectivity index (χ2v) is 7.38. The second-order valence-electron chi connectivity index (χ2n) is 4.89. The summed E-state index contributed by atoms with van der Waals surface area (Å²) in [6.45, 7) is 8.52. The molecule has 4 heteroatoms. The molecule has 2 atom stereocenters. The Morgan fingerprint density at radius 3 is 1.84 bits per heavy atom. The van der Waals surface area contributed by atoms with Gasteiger partial charge in [0.05, 0.1) is 0 Å². The lowest BCUT2D eigenvalue weighted by Gasteiger charge is -2.34. The molecule has 2 unspecified atom stereocenters. The topological polar surface area (TPSA) is 20.3 Å². The van der Waals surface area contributed by atoms with Gasteiger partial charge in [0, 0.05) is 24.8 Å². The van der Waals surface area contributed by atoms with E-state index >= 15 is 0 Å². The molecule has 0 aliphatic heterocycles. The largest absolute Gasteiger partial charge is 0.333 e. The average Bonchev–Trinajstić information content (AvgIpc) is 2.37. The molecule has 19 heavy (non-hydrogen) atoms. The lowest BCUT2D eigenvalue weighted by Crippen LogP contribution is -2.44. The van der Waals surface area contributed by atoms with Crippen molar-refractivity contribution in [3.05, 3.63) is 30.9 Å². The normalized spacial score (nSPS) is 14.0. The van der Waals surface area contributed by atoms with Gasteiger partial charge in [0.2, 0.25) is 0 Å². The van der Waals surface area contributed by atoms with Crippen molar-refractivity contribution in [3.63, 3.8) is 0 Å². The van der Waals surface area contributed by atoms with Crippen LogP contribution in [0.1, 0.15) is 50.9 Å². The quantitative estimate of drug-likeness (QED) is 0.542. The summed E-state index contributed by atoms with van der Waals surface area (Å²) < 4.78 is 2.22. The highest BCUT2D eigenvalue weighted by molar-refractivity contribution is 14.1. The molecule has 0 N–H and O–H groups in total. The summed E-state index contributed by atoms with van der Waals surface area (Å²) in [4.78, 5) is 14.8. The zero-order chi connectivity index (χ0) is 14.6. The van der Waals surface area contributed by atoms with Gasteiger partial charge in [-0.1, -0.05) is 13.8 Å². The molecule has 0 aliphatic rings. The van der Waals surface area contributed by atoms with Gasteiger partial charge in [-0.05, 0) is 90.1 Å². The molecular weight excluding hydrogens is 464 g/mol. The minimum absolute atomic E-state index is 0.153. The molecule has 0 saturated heterocycles. The molecule has 106 valence electrons. The van der Waals surface area contributed by atoms with Gasteiger partial charge in [-0.3, -0.25) is 4.79 Å². The minimum Gasteiger partial charge on any atom is -0.333 e. The lowest BCUT2D eigenvalue weighted by atomic mass is 10.1. The van der Waals surface area contributed by atoms with Crippen molar-refractivity contribution in [2.24, 2.45) is 0 Å². The molecule has 0 radical (unpaired) electrons. The van der Waals surface area contributed by atoms with Gasteiger partial charge in [0.1, 0.15) is 0 Å². The fraction of sp³-hybridized carbons (Fsp3) is 0.533. The maximum atomic E-state index is 12.8. The number of carbonyl (C=O) groups excluding carboxylic acids is 1. The number of amides is 1. The Kier molecular flexibility index (Phi) is 7.07. The van der Waals surface area contributed by atoms with Gasteiger partial charge in [-0.25, -0.2) is 0 Å². The van der Waals surface area contributed by atoms with Gasteiger partial charge in [0.15, 0.2) is 0 Å². The first-order valence-electron chi connectivity index (χ1n) is 6.69. The number of hydrogen-bond acceptors (Lipinski definition) is 1. The van der Waals surface area contributed by atoms with Crippen molar-refractivity contribution >= 4 is 51.1 Å². The number of hydrogen-bond donors (Lipinski definition) is 0. The predicted octanol–water partition coefficient (Wildman–Crippen LogP) is 4.94. The zero-order valence-corrected chi connectivity index (χ0v) is 16.2. The molecule has 1 amide bonds. The number of carbonyl (C=O) groups is 1. The van der Waals surface area contributed by atoms with E-state index in [0.29, 0.717) is 0 Å². The fourth-order valence-electron chi connectivity index (χ4n) is 2.05. The molecule has 0 fully saturated rings. The Balaban J connectivity index is 3.11. The molecule has 0 saturated carbocycles. The van der Waals surface area contributed by atoms with Crippen molar-refractivity contribution in [1.29, 1.82) is 0 Å². The summed E-state index contributed by atoms with van der Waals surface area (Å²) in [6.07, 6.45) is 1.97. The van der Waals surface area contributed by atoms with E-state index < -0.39 is 0 Å². The highest BCUT2D eigenvalue weighted by atomic mass is 127. The fourth-order valence-corrected chi connectivity index (χ4v) is 3.99. The SMILES string of the molecule is CCC(C)N(C(=O)c1cc(I)cc(I)c1)C(C)CC. The van der Waals surface area contributed by atoms with Gasteiger partial charge >= 0.3 is 0 Å². The van der Waals surface area contributed by atoms with Crippen LogP contribution in [0.2, 0.25) is 0 Å². The van der Waals surface area contributed by atoms with Gasteiger partial charge in [-0.15, -0.1) is 0 Å². The van der Waals surface area contributed by atoms with Gasteiger partial charge in [0.25, 0.3) is 5.91 Å². The third-order valence-electron chi connectivity index (χ3n) is 3.48. The number of halogens is 2. The first-order chi connectivity index (χ1) is 8.90. The summed E-state index contributed by atoms with van der Waals surface area (Å²) in [5.74, 6) is 0.153. The third kappa shape index (κ3) is 4.58. The van der Waals surface area contributed by atoms with E-state index in [2.05, 4.69) is 78.9 Å². The third-order valence-corrected chi connectivity index (χ3v) is 4.72. The molecule has 1 rings (SSSR count). The van der Waals surface area contributed by atoms with Crippen LogP contribution in [0, 0.1) is 7.14 Å². The Morgan fingerprint density at radius 2 is 1.47 bits per heavy atom. The minimum atomic E-state index is 0.153. The second kappa shape index (κ2) is 7.81. The maximum absolute atomic E-state index is 12.8. The van der Waals surface area contributed by atoms with Crippen LogP contribution in [-0.2, 0) is 0 Å². The Labute approximate surface area is 143 Å². The van der Waals surface area contributed by atoms with E-state index in [9.17, 15) is 4.79 Å². The number of benzene rings is 1. The van der Waals surface area contributed by atoms with Crippen LogP contribution in [0.15, 0.2) is 18.2 Å². The van der Waals surface area contributed by atoms with Crippen LogP contribution in [-0.4, -0.2) is 22.9 Å². The predicted molar refractivity (Wildman–Crippen MR) is 97.6 cm³/mol. The van der Waals surface area contributed by atoms with Crippen LogP contribution < -0.4 is 0 Å². The van der Waals surface area contributed by atoms with Crippen molar-refractivity contribution in [1.82, 2.24) is 4.90 Å². The summed E-state index contributed by atoms with van der Waals surface area (Å²) in [6, 6.07) is 6.58. The standard InChI is InChI=1S/C15H21I2NO/c1-5-10(3)18(11(4)6-2)15(19)12-7-13(16)9-14(17)8-12/h7-11H,5-6H2,1-4H3. The van der Waals surface area contributed by atoms with E-state index in [1.807, 2.05) is 17.0 Å². The molecule has 0 aliphatic carbocycles. The Bertz CT molecular complexity index is 418. The summed E-state index contributed by atoms with van der Waals surface area (Å²) in [5, 5.41) is 0. The molecule has 0 spiro atoms. The van der Waals surface area contributed by atoms with Crippen LogP contribution in [0.3, 0.4) is 0 Å². The van der Waals surface area contributed by atoms with Gasteiger partial charge in [-0.2, -0.15) is 0 Å². The van der Waals surface area contributed by atoms with Gasteiger partial charge < -0.3 is 4.90 Å². The molecule has 0 heterocycles. The smallest absolute Gasteiger partial charge is 0.254 e. The monoisotopic (exact) mass is 485 g/mol. The molecule has 1 aromatic rings. The summed E-state index contributed by atoms with van der Waals surface area (Å²) in [5.41, 5.74) is 0.803. The van der Waals surface area contributed by atoms with E-state index in [0.717, 1.165) is 25.5 Å². The average molecular weight is 485 g/mol. The highest BCUT2D eigenvalue weighted by Gasteiger charge is 2.24. The first-order valence-corrected chi connectivity index (χ1v) is 8.85. The van der Waals surface area contributed by atoms with Crippen molar-refractivity contribution < 1.29 is 4.79 Å². The van der Waals surface area contributed by atoms with Crippen LogP contribution >= 0.6 is 45.2 Å². The molecule has 0 bridgehead atoms. The Hall–Kier alpha value is 0.150. The molecule has 2 nitrogen and oxygen atoms in total. The van der Waals surface area contributed by atoms with Crippen molar-refractivity contribution in [2.75, 3.05) is 0 Å². The van der Waals surface area contributed by atoms with E-state index in [1.54, 1.807) is 0 Å². The molecule has 1 aromatic carbocycles. The Morgan fingerprint density at radius 1 is 1.05 bits per heavy atom. The van der Waals surface area contributed by atoms with Crippen molar-refractivity contribution in [3.8, 4) is 0 Å². The highest BCUT2D eigenvalue weighted by Crippen LogP contribution is 2.20. The molecular formula is C15H21I2NO. The molecule has 0 aromatic heterocycles. The van der Waals surface area contributed by atoms with E-state index in [1.165, 1.54) is 0 Å². The number of nitrogens with zero attached hydrogens (tertiary/aromatic N) is 1.